The molecule has 0 aliphatic heterocycles. The van der Waals surface area contributed by atoms with Crippen molar-refractivity contribution in [1.82, 2.24) is 4.90 Å². The van der Waals surface area contributed by atoms with E-state index < -0.39 is 5.91 Å². The summed E-state index contributed by atoms with van der Waals surface area (Å²) in [5.41, 5.74) is 4.56. The highest BCUT2D eigenvalue weighted by atomic mass is 35.5. The van der Waals surface area contributed by atoms with Crippen LogP contribution in [0.1, 0.15) is 20.8 Å². The van der Waals surface area contributed by atoms with Crippen LogP contribution in [0.5, 0.6) is 0 Å². The van der Waals surface area contributed by atoms with E-state index >= 15 is 0 Å². The number of nitrogens with two attached hydrogens (primary N) is 1. The SMILES string of the molecule is C=C(Cl)C(N)=O.CCN(CC)CC. The van der Waals surface area contributed by atoms with Crippen LogP contribution in [0.4, 0.5) is 0 Å². The Hall–Kier alpha value is -0.540. The molecule has 0 aromatic rings. The minimum absolute atomic E-state index is 0.130. The van der Waals surface area contributed by atoms with Gasteiger partial charge >= 0.3 is 0 Å². The molecule has 0 rings (SSSR count). The quantitative estimate of drug-likeness (QED) is 0.710. The van der Waals surface area contributed by atoms with Crippen LogP contribution in [0, 0.1) is 0 Å². The van der Waals surface area contributed by atoms with Crippen LogP contribution in [0.2, 0.25) is 0 Å². The third kappa shape index (κ3) is 11.5. The van der Waals surface area contributed by atoms with Gasteiger partial charge in [0.25, 0.3) is 5.91 Å². The zero-order valence-corrected chi connectivity index (χ0v) is 9.40. The molecule has 0 heterocycles. The lowest BCUT2D eigenvalue weighted by Gasteiger charge is -2.13. The zero-order chi connectivity index (χ0) is 10.9. The van der Waals surface area contributed by atoms with Crippen molar-refractivity contribution in [3.05, 3.63) is 11.6 Å². The van der Waals surface area contributed by atoms with Gasteiger partial charge in [-0.25, -0.2) is 0 Å². The minimum Gasteiger partial charge on any atom is -0.365 e. The van der Waals surface area contributed by atoms with Crippen molar-refractivity contribution in [1.29, 1.82) is 0 Å². The molecule has 0 bridgehead atoms. The molecule has 1 amide bonds. The van der Waals surface area contributed by atoms with Gasteiger partial charge in [0.05, 0.1) is 5.03 Å². The summed E-state index contributed by atoms with van der Waals surface area (Å²) < 4.78 is 0. The third-order valence-corrected chi connectivity index (χ3v) is 1.80. The summed E-state index contributed by atoms with van der Waals surface area (Å²) in [6.07, 6.45) is 0. The van der Waals surface area contributed by atoms with E-state index in [1.54, 1.807) is 0 Å². The van der Waals surface area contributed by atoms with Crippen LogP contribution in [-0.4, -0.2) is 30.4 Å². The van der Waals surface area contributed by atoms with E-state index in [2.05, 4.69) is 38.0 Å². The molecule has 0 saturated heterocycles. The molecule has 0 radical (unpaired) electrons. The molecule has 0 aromatic heterocycles. The first-order valence-corrected chi connectivity index (χ1v) is 4.73. The Morgan fingerprint density at radius 2 is 1.54 bits per heavy atom. The van der Waals surface area contributed by atoms with Crippen molar-refractivity contribution in [3.8, 4) is 0 Å². The molecule has 78 valence electrons. The van der Waals surface area contributed by atoms with Gasteiger partial charge in [-0.3, -0.25) is 4.79 Å². The normalized spacial score (nSPS) is 9.00. The Morgan fingerprint density at radius 3 is 1.54 bits per heavy atom. The fraction of sp³-hybridized carbons (Fsp3) is 0.667. The van der Waals surface area contributed by atoms with E-state index in [1.165, 1.54) is 19.6 Å². The predicted octanol–water partition coefficient (Wildman–Crippen LogP) is 1.57. The molecule has 0 atom stereocenters. The van der Waals surface area contributed by atoms with Gasteiger partial charge in [0.2, 0.25) is 0 Å². The highest BCUT2D eigenvalue weighted by Crippen LogP contribution is 1.90. The van der Waals surface area contributed by atoms with E-state index in [0.29, 0.717) is 0 Å². The molecule has 4 heteroatoms. The highest BCUT2D eigenvalue weighted by molar-refractivity contribution is 6.41. The second-order valence-electron chi connectivity index (χ2n) is 2.39. The van der Waals surface area contributed by atoms with Gasteiger partial charge in [-0.1, -0.05) is 39.0 Å². The number of halogens is 1. The topological polar surface area (TPSA) is 46.3 Å². The molecule has 0 unspecified atom stereocenters. The summed E-state index contributed by atoms with van der Waals surface area (Å²) in [6.45, 7) is 13.2. The summed E-state index contributed by atoms with van der Waals surface area (Å²) in [6, 6.07) is 0. The number of carbonyl (C=O) groups excluding carboxylic acids is 1. The zero-order valence-electron chi connectivity index (χ0n) is 8.64. The highest BCUT2D eigenvalue weighted by Gasteiger charge is 1.90. The largest absolute Gasteiger partial charge is 0.365 e. The maximum atomic E-state index is 9.69. The third-order valence-electron chi connectivity index (χ3n) is 1.61. The van der Waals surface area contributed by atoms with Crippen molar-refractivity contribution in [2.24, 2.45) is 5.73 Å². The van der Waals surface area contributed by atoms with Crippen molar-refractivity contribution >= 4 is 17.5 Å². The molecule has 3 nitrogen and oxygen atoms in total. The smallest absolute Gasteiger partial charge is 0.259 e. The lowest BCUT2D eigenvalue weighted by molar-refractivity contribution is -0.113. The Morgan fingerprint density at radius 1 is 1.31 bits per heavy atom. The van der Waals surface area contributed by atoms with Crippen molar-refractivity contribution in [2.75, 3.05) is 19.6 Å². The molecular weight excluding hydrogens is 188 g/mol. The predicted molar refractivity (Wildman–Crippen MR) is 57.6 cm³/mol. The van der Waals surface area contributed by atoms with Crippen molar-refractivity contribution < 1.29 is 4.79 Å². The Balaban J connectivity index is 0. The van der Waals surface area contributed by atoms with Gasteiger partial charge in [-0.15, -0.1) is 0 Å². The Labute approximate surface area is 85.5 Å². The van der Waals surface area contributed by atoms with Crippen LogP contribution < -0.4 is 5.73 Å². The van der Waals surface area contributed by atoms with Crippen molar-refractivity contribution in [2.45, 2.75) is 20.8 Å². The monoisotopic (exact) mass is 206 g/mol. The molecule has 13 heavy (non-hydrogen) atoms. The standard InChI is InChI=1S/C6H15N.C3H4ClNO/c1-4-7(5-2)6-3;1-2(4)3(5)6/h4-6H2,1-3H3;1H2,(H2,5,6). The molecule has 0 aliphatic rings. The Kier molecular flexibility index (Phi) is 11.0. The number of amides is 1. The lowest BCUT2D eigenvalue weighted by atomic mass is 10.5. The number of nitrogens with zero attached hydrogens (tertiary/aromatic N) is 1. The molecule has 2 N–H and O–H groups in total. The maximum absolute atomic E-state index is 9.69. The second kappa shape index (κ2) is 9.55. The number of rotatable bonds is 4. The van der Waals surface area contributed by atoms with E-state index in [-0.39, 0.29) is 5.03 Å². The van der Waals surface area contributed by atoms with Gasteiger partial charge in [0.1, 0.15) is 0 Å². The van der Waals surface area contributed by atoms with E-state index in [0.717, 1.165) is 0 Å². The number of carbonyl (C=O) groups is 1. The van der Waals surface area contributed by atoms with Gasteiger partial charge in [0, 0.05) is 0 Å². The van der Waals surface area contributed by atoms with Crippen LogP contribution in [0.3, 0.4) is 0 Å². The molecule has 0 saturated carbocycles. The van der Waals surface area contributed by atoms with Crippen LogP contribution in [-0.2, 0) is 4.79 Å². The summed E-state index contributed by atoms with van der Waals surface area (Å²) in [4.78, 5) is 12.1. The van der Waals surface area contributed by atoms with Gasteiger partial charge in [-0.2, -0.15) is 0 Å². The summed E-state index contributed by atoms with van der Waals surface area (Å²) >= 11 is 4.94. The maximum Gasteiger partial charge on any atom is 0.259 e. The average molecular weight is 207 g/mol. The molecule has 0 spiro atoms. The van der Waals surface area contributed by atoms with E-state index in [9.17, 15) is 4.79 Å². The summed E-state index contributed by atoms with van der Waals surface area (Å²) in [7, 11) is 0. The van der Waals surface area contributed by atoms with Crippen LogP contribution >= 0.6 is 11.6 Å². The van der Waals surface area contributed by atoms with E-state index in [4.69, 9.17) is 11.6 Å². The van der Waals surface area contributed by atoms with Gasteiger partial charge in [0.15, 0.2) is 0 Å². The summed E-state index contributed by atoms with van der Waals surface area (Å²) in [5, 5.41) is -0.130. The van der Waals surface area contributed by atoms with E-state index in [1.807, 2.05) is 0 Å². The fourth-order valence-corrected chi connectivity index (χ4v) is 0.671. The molecule has 0 aromatic carbocycles. The molecule has 0 fully saturated rings. The number of primary amides is 1. The first kappa shape index (κ1) is 15.0. The minimum atomic E-state index is -0.670. The number of hydrogen-bond donors (Lipinski definition) is 1. The molecular formula is C9H19ClN2O. The van der Waals surface area contributed by atoms with Crippen LogP contribution in [0.15, 0.2) is 11.6 Å². The Bertz CT molecular complexity index is 138. The first-order valence-electron chi connectivity index (χ1n) is 4.36. The van der Waals surface area contributed by atoms with Crippen molar-refractivity contribution in [3.63, 3.8) is 0 Å². The summed E-state index contributed by atoms with van der Waals surface area (Å²) in [5.74, 6) is -0.670. The second-order valence-corrected chi connectivity index (χ2v) is 2.84. The van der Waals surface area contributed by atoms with Gasteiger partial charge in [-0.05, 0) is 19.6 Å². The average Bonchev–Trinajstić information content (AvgIpc) is 2.08. The first-order chi connectivity index (χ1) is 5.99. The molecule has 0 aliphatic carbocycles. The van der Waals surface area contributed by atoms with Crippen LogP contribution in [0.25, 0.3) is 0 Å². The van der Waals surface area contributed by atoms with Gasteiger partial charge < -0.3 is 10.6 Å². The number of hydrogen-bond acceptors (Lipinski definition) is 2. The fourth-order valence-electron chi connectivity index (χ4n) is 0.671. The lowest BCUT2D eigenvalue weighted by Crippen LogP contribution is -2.21.